The SMILES string of the molecule is O=C(c1ccncc1)N1C[C@H]2[C@@H](c3ccccc31)[C@H](CO)N2C(=O)CN1CCOCC1. The van der Waals surface area contributed by atoms with Gasteiger partial charge in [0.05, 0.1) is 38.4 Å². The number of benzene rings is 1. The van der Waals surface area contributed by atoms with Crippen molar-refractivity contribution in [1.82, 2.24) is 14.8 Å². The molecular weight excluding hydrogens is 396 g/mol. The average Bonchev–Trinajstić information content (AvgIpc) is 2.80. The van der Waals surface area contributed by atoms with E-state index in [0.717, 1.165) is 24.3 Å². The van der Waals surface area contributed by atoms with E-state index in [0.29, 0.717) is 31.9 Å². The van der Waals surface area contributed by atoms with Gasteiger partial charge in [0, 0.05) is 49.2 Å². The third-order valence-electron chi connectivity index (χ3n) is 6.61. The van der Waals surface area contributed by atoms with Crippen LogP contribution in [-0.4, -0.2) is 89.8 Å². The van der Waals surface area contributed by atoms with Gasteiger partial charge in [0.15, 0.2) is 0 Å². The molecule has 0 aliphatic carbocycles. The Morgan fingerprint density at radius 3 is 2.58 bits per heavy atom. The van der Waals surface area contributed by atoms with E-state index in [1.807, 2.05) is 24.3 Å². The van der Waals surface area contributed by atoms with E-state index in [9.17, 15) is 14.7 Å². The molecule has 2 fully saturated rings. The lowest BCUT2D eigenvalue weighted by atomic mass is 9.71. The number of morpholine rings is 1. The number of ether oxygens (including phenoxy) is 1. The lowest BCUT2D eigenvalue weighted by Gasteiger charge is -2.59. The molecular formula is C23H26N4O4. The summed E-state index contributed by atoms with van der Waals surface area (Å²) in [5.74, 6) is -0.0875. The lowest BCUT2D eigenvalue weighted by Crippen LogP contribution is -2.71. The van der Waals surface area contributed by atoms with Crippen molar-refractivity contribution < 1.29 is 19.4 Å². The Hall–Kier alpha value is -2.81. The van der Waals surface area contributed by atoms with E-state index in [1.165, 1.54) is 0 Å². The fourth-order valence-corrected chi connectivity index (χ4v) is 5.11. The molecule has 0 bridgehead atoms. The number of hydrogen-bond donors (Lipinski definition) is 1. The number of aliphatic hydroxyl groups excluding tert-OH is 1. The largest absolute Gasteiger partial charge is 0.394 e. The number of hydrogen-bond acceptors (Lipinski definition) is 6. The molecule has 4 heterocycles. The summed E-state index contributed by atoms with van der Waals surface area (Å²) < 4.78 is 5.38. The number of carbonyl (C=O) groups is 2. The fourth-order valence-electron chi connectivity index (χ4n) is 5.11. The maximum atomic E-state index is 13.3. The molecule has 3 aliphatic heterocycles. The number of nitrogens with zero attached hydrogens (tertiary/aromatic N) is 4. The first-order chi connectivity index (χ1) is 15.2. The van der Waals surface area contributed by atoms with Gasteiger partial charge in [-0.15, -0.1) is 0 Å². The van der Waals surface area contributed by atoms with Gasteiger partial charge in [-0.3, -0.25) is 19.5 Å². The number of anilines is 1. The third kappa shape index (κ3) is 3.50. The second-order valence-corrected chi connectivity index (χ2v) is 8.24. The van der Waals surface area contributed by atoms with Crippen LogP contribution in [0.25, 0.3) is 0 Å². The summed E-state index contributed by atoms with van der Waals surface area (Å²) in [5, 5.41) is 10.1. The normalized spacial score (nSPS) is 25.4. The molecule has 8 nitrogen and oxygen atoms in total. The van der Waals surface area contributed by atoms with Crippen LogP contribution in [-0.2, 0) is 9.53 Å². The van der Waals surface area contributed by atoms with Crippen molar-refractivity contribution in [3.05, 3.63) is 59.9 Å². The molecule has 2 saturated heterocycles. The highest BCUT2D eigenvalue weighted by atomic mass is 16.5. The van der Waals surface area contributed by atoms with E-state index in [2.05, 4.69) is 9.88 Å². The third-order valence-corrected chi connectivity index (χ3v) is 6.61. The standard InChI is InChI=1S/C23H26N4O4/c28-15-20-22-17-3-1-2-4-18(17)26(23(30)16-5-7-24-8-6-16)13-19(22)27(20)21(29)14-25-9-11-31-12-10-25/h1-8,19-20,22,28H,9-15H2/t19-,20-,22+/m0/s1. The van der Waals surface area contributed by atoms with Crippen molar-refractivity contribution >= 4 is 17.5 Å². The Morgan fingerprint density at radius 1 is 1.10 bits per heavy atom. The number of amides is 2. The topological polar surface area (TPSA) is 86.2 Å². The number of aliphatic hydroxyl groups is 1. The summed E-state index contributed by atoms with van der Waals surface area (Å²) in [6.45, 7) is 3.34. The number of fused-ring (bicyclic) bond motifs is 3. The van der Waals surface area contributed by atoms with Crippen molar-refractivity contribution in [2.24, 2.45) is 0 Å². The van der Waals surface area contributed by atoms with Gasteiger partial charge in [0.1, 0.15) is 0 Å². The molecule has 0 radical (unpaired) electrons. The van der Waals surface area contributed by atoms with Crippen LogP contribution in [0.3, 0.4) is 0 Å². The van der Waals surface area contributed by atoms with Crippen molar-refractivity contribution in [3.63, 3.8) is 0 Å². The number of carbonyl (C=O) groups excluding carboxylic acids is 2. The Labute approximate surface area is 181 Å². The van der Waals surface area contributed by atoms with Crippen molar-refractivity contribution in [3.8, 4) is 0 Å². The smallest absolute Gasteiger partial charge is 0.258 e. The summed E-state index contributed by atoms with van der Waals surface area (Å²) >= 11 is 0. The zero-order valence-electron chi connectivity index (χ0n) is 17.3. The van der Waals surface area contributed by atoms with Crippen LogP contribution in [0.2, 0.25) is 0 Å². The number of pyridine rings is 1. The molecule has 3 aliphatic rings. The van der Waals surface area contributed by atoms with E-state index >= 15 is 0 Å². The molecule has 1 N–H and O–H groups in total. The van der Waals surface area contributed by atoms with Crippen LogP contribution in [0.1, 0.15) is 21.8 Å². The highest BCUT2D eigenvalue weighted by Crippen LogP contribution is 2.48. The number of likely N-dealkylation sites (tertiary alicyclic amines) is 1. The van der Waals surface area contributed by atoms with E-state index in [1.54, 1.807) is 34.3 Å². The second kappa shape index (κ2) is 8.37. The Bertz CT molecular complexity index is 963. The maximum absolute atomic E-state index is 13.3. The Kier molecular flexibility index (Phi) is 5.43. The van der Waals surface area contributed by atoms with Crippen LogP contribution in [0.15, 0.2) is 48.8 Å². The van der Waals surface area contributed by atoms with Crippen molar-refractivity contribution in [1.29, 1.82) is 0 Å². The van der Waals surface area contributed by atoms with Crippen LogP contribution in [0.5, 0.6) is 0 Å². The average molecular weight is 422 g/mol. The second-order valence-electron chi connectivity index (χ2n) is 8.24. The first-order valence-corrected chi connectivity index (χ1v) is 10.7. The maximum Gasteiger partial charge on any atom is 0.258 e. The quantitative estimate of drug-likeness (QED) is 0.782. The summed E-state index contributed by atoms with van der Waals surface area (Å²) in [5.41, 5.74) is 2.42. The number of aromatic nitrogens is 1. The molecule has 2 aromatic rings. The Morgan fingerprint density at radius 2 is 1.84 bits per heavy atom. The van der Waals surface area contributed by atoms with Gasteiger partial charge in [-0.05, 0) is 23.8 Å². The minimum absolute atomic E-state index is 0.00195. The Balaban J connectivity index is 1.43. The monoisotopic (exact) mass is 422 g/mol. The van der Waals surface area contributed by atoms with Gasteiger partial charge in [-0.1, -0.05) is 18.2 Å². The van der Waals surface area contributed by atoms with Gasteiger partial charge in [-0.25, -0.2) is 0 Å². The summed E-state index contributed by atoms with van der Waals surface area (Å²) in [4.78, 5) is 36.1. The summed E-state index contributed by atoms with van der Waals surface area (Å²) in [6.07, 6.45) is 3.21. The highest BCUT2D eigenvalue weighted by Gasteiger charge is 2.55. The molecule has 31 heavy (non-hydrogen) atoms. The van der Waals surface area contributed by atoms with E-state index in [4.69, 9.17) is 4.74 Å². The number of rotatable bonds is 4. The fraction of sp³-hybridized carbons (Fsp3) is 0.435. The van der Waals surface area contributed by atoms with Crippen LogP contribution < -0.4 is 4.90 Å². The van der Waals surface area contributed by atoms with Gasteiger partial charge < -0.3 is 19.6 Å². The molecule has 8 heteroatoms. The molecule has 0 saturated carbocycles. The van der Waals surface area contributed by atoms with Crippen LogP contribution >= 0.6 is 0 Å². The predicted molar refractivity (Wildman–Crippen MR) is 114 cm³/mol. The van der Waals surface area contributed by atoms with Crippen LogP contribution in [0.4, 0.5) is 5.69 Å². The molecule has 0 spiro atoms. The van der Waals surface area contributed by atoms with Crippen molar-refractivity contribution in [2.75, 3.05) is 50.9 Å². The van der Waals surface area contributed by atoms with Crippen molar-refractivity contribution in [2.45, 2.75) is 18.0 Å². The number of para-hydroxylation sites is 1. The summed E-state index contributed by atoms with van der Waals surface area (Å²) in [6, 6.07) is 10.8. The zero-order chi connectivity index (χ0) is 21.4. The van der Waals surface area contributed by atoms with Gasteiger partial charge in [0.25, 0.3) is 5.91 Å². The lowest BCUT2D eigenvalue weighted by molar-refractivity contribution is -0.152. The molecule has 162 valence electrons. The van der Waals surface area contributed by atoms with Crippen LogP contribution in [0, 0.1) is 0 Å². The van der Waals surface area contributed by atoms with E-state index < -0.39 is 0 Å². The predicted octanol–water partition coefficient (Wildman–Crippen LogP) is 0.730. The zero-order valence-corrected chi connectivity index (χ0v) is 17.3. The highest BCUT2D eigenvalue weighted by molar-refractivity contribution is 6.07. The minimum atomic E-state index is -0.266. The molecule has 3 atom stereocenters. The minimum Gasteiger partial charge on any atom is -0.394 e. The van der Waals surface area contributed by atoms with Gasteiger partial charge >= 0.3 is 0 Å². The molecule has 1 aromatic carbocycles. The molecule has 1 aromatic heterocycles. The summed E-state index contributed by atoms with van der Waals surface area (Å²) in [7, 11) is 0. The molecule has 5 rings (SSSR count). The van der Waals surface area contributed by atoms with E-state index in [-0.39, 0.29) is 36.4 Å². The van der Waals surface area contributed by atoms with Gasteiger partial charge in [0.2, 0.25) is 5.91 Å². The molecule has 2 amide bonds. The first-order valence-electron chi connectivity index (χ1n) is 10.7. The van der Waals surface area contributed by atoms with Gasteiger partial charge in [-0.2, -0.15) is 0 Å². The molecule has 0 unspecified atom stereocenters. The first kappa shape index (κ1) is 20.1.